The third kappa shape index (κ3) is 5.68. The number of piperazine rings is 1. The minimum atomic E-state index is -0.615. The lowest BCUT2D eigenvalue weighted by atomic mass is 10.2. The highest BCUT2D eigenvalue weighted by molar-refractivity contribution is 7.20. The van der Waals surface area contributed by atoms with Crippen molar-refractivity contribution in [3.63, 3.8) is 0 Å². The van der Waals surface area contributed by atoms with Gasteiger partial charge in [-0.2, -0.15) is 0 Å². The number of amides is 1. The molecule has 3 fully saturated rings. The number of rotatable bonds is 4. The number of cyclic esters (lactones) is 1. The van der Waals surface area contributed by atoms with Gasteiger partial charge < -0.3 is 24.4 Å². The highest BCUT2D eigenvalue weighted by Gasteiger charge is 2.34. The standard InChI is InChI=1S/C28H29N5O5S/c34-20-4-1-3-19(17-20)26-29-22-18-21(39-25(22)27(30-26)32-13-15-37-16-14-32)5-2-8-31-9-11-33(12-10-31)28(36)23-6-7-24(35)38-23/h1,3-4,17-18,23,34H,6-16H2. The van der Waals surface area contributed by atoms with Gasteiger partial charge in [-0.25, -0.2) is 9.97 Å². The van der Waals surface area contributed by atoms with Crippen LogP contribution in [0.15, 0.2) is 30.3 Å². The molecule has 5 heterocycles. The maximum Gasteiger partial charge on any atom is 0.306 e. The third-order valence-corrected chi connectivity index (χ3v) is 8.16. The molecule has 1 unspecified atom stereocenters. The van der Waals surface area contributed by atoms with Crippen molar-refractivity contribution in [3.8, 4) is 29.0 Å². The van der Waals surface area contributed by atoms with Crippen LogP contribution in [0.2, 0.25) is 0 Å². The Kier molecular flexibility index (Phi) is 7.32. The number of benzene rings is 1. The largest absolute Gasteiger partial charge is 0.508 e. The summed E-state index contributed by atoms with van der Waals surface area (Å²) < 4.78 is 11.7. The van der Waals surface area contributed by atoms with E-state index in [1.54, 1.807) is 34.4 Å². The fourth-order valence-electron chi connectivity index (χ4n) is 5.01. The Morgan fingerprint density at radius 3 is 2.67 bits per heavy atom. The molecule has 0 saturated carbocycles. The second-order valence-corrected chi connectivity index (χ2v) is 10.8. The van der Waals surface area contributed by atoms with Gasteiger partial charge in [-0.15, -0.1) is 11.3 Å². The number of morpholine rings is 1. The van der Waals surface area contributed by atoms with Gasteiger partial charge in [-0.3, -0.25) is 14.5 Å². The maximum atomic E-state index is 12.6. The lowest BCUT2D eigenvalue weighted by Crippen LogP contribution is -2.51. The highest BCUT2D eigenvalue weighted by Crippen LogP contribution is 2.34. The first kappa shape index (κ1) is 25.6. The second-order valence-electron chi connectivity index (χ2n) is 9.77. The molecule has 3 aliphatic rings. The van der Waals surface area contributed by atoms with Crippen LogP contribution >= 0.6 is 11.3 Å². The first-order chi connectivity index (χ1) is 19.0. The quantitative estimate of drug-likeness (QED) is 0.388. The molecule has 11 heteroatoms. The number of hydrogen-bond donors (Lipinski definition) is 1. The number of aromatic nitrogens is 2. The topological polar surface area (TPSA) is 108 Å². The Morgan fingerprint density at radius 2 is 1.92 bits per heavy atom. The van der Waals surface area contributed by atoms with E-state index in [-0.39, 0.29) is 17.6 Å². The van der Waals surface area contributed by atoms with Gasteiger partial charge >= 0.3 is 5.97 Å². The van der Waals surface area contributed by atoms with E-state index in [2.05, 4.69) is 21.6 Å². The van der Waals surface area contributed by atoms with Crippen LogP contribution in [0.1, 0.15) is 17.7 Å². The molecule has 0 aliphatic carbocycles. The number of phenols is 1. The molecule has 0 spiro atoms. The normalized spacial score (nSPS) is 20.1. The molecule has 39 heavy (non-hydrogen) atoms. The van der Waals surface area contributed by atoms with E-state index in [4.69, 9.17) is 19.4 Å². The van der Waals surface area contributed by atoms with Crippen LogP contribution in [0, 0.1) is 11.8 Å². The molecule has 3 aliphatic heterocycles. The first-order valence-corrected chi connectivity index (χ1v) is 14.0. The van der Waals surface area contributed by atoms with Gasteiger partial charge in [0.2, 0.25) is 0 Å². The van der Waals surface area contributed by atoms with Gasteiger partial charge in [0.15, 0.2) is 17.7 Å². The van der Waals surface area contributed by atoms with Crippen LogP contribution in [-0.2, 0) is 19.1 Å². The number of esters is 1. The molecule has 1 amide bonds. The molecule has 1 atom stereocenters. The number of aromatic hydroxyl groups is 1. The van der Waals surface area contributed by atoms with Gasteiger partial charge in [-0.05, 0) is 18.2 Å². The molecule has 0 radical (unpaired) electrons. The fraction of sp³-hybridized carbons (Fsp3) is 0.429. The zero-order valence-corrected chi connectivity index (χ0v) is 22.3. The van der Waals surface area contributed by atoms with Crippen LogP contribution in [0.4, 0.5) is 5.82 Å². The van der Waals surface area contributed by atoms with E-state index in [1.807, 2.05) is 12.1 Å². The average Bonchev–Trinajstić information content (AvgIpc) is 3.59. The molecular weight excluding hydrogens is 518 g/mol. The number of fused-ring (bicyclic) bond motifs is 1. The zero-order chi connectivity index (χ0) is 26.8. The van der Waals surface area contributed by atoms with Crippen LogP contribution in [-0.4, -0.2) is 102 Å². The van der Waals surface area contributed by atoms with E-state index in [1.165, 1.54) is 0 Å². The zero-order valence-electron chi connectivity index (χ0n) is 21.5. The maximum absolute atomic E-state index is 12.6. The van der Waals surface area contributed by atoms with Crippen LogP contribution in [0.25, 0.3) is 21.6 Å². The van der Waals surface area contributed by atoms with Crippen molar-refractivity contribution in [3.05, 3.63) is 35.2 Å². The minimum absolute atomic E-state index is 0.0841. The summed E-state index contributed by atoms with van der Waals surface area (Å²) in [5, 5.41) is 9.98. The molecule has 10 nitrogen and oxygen atoms in total. The smallest absolute Gasteiger partial charge is 0.306 e. The van der Waals surface area contributed by atoms with Gasteiger partial charge in [0.05, 0.1) is 34.9 Å². The van der Waals surface area contributed by atoms with E-state index >= 15 is 0 Å². The lowest BCUT2D eigenvalue weighted by molar-refractivity contribution is -0.153. The van der Waals surface area contributed by atoms with E-state index in [0.717, 1.165) is 52.7 Å². The predicted octanol–water partition coefficient (Wildman–Crippen LogP) is 2.10. The Bertz CT molecular complexity index is 1450. The Morgan fingerprint density at radius 1 is 1.10 bits per heavy atom. The molecule has 3 aromatic rings. The number of phenolic OH excluding ortho intramolecular Hbond substituents is 1. The summed E-state index contributed by atoms with van der Waals surface area (Å²) in [5.41, 5.74) is 1.59. The molecule has 202 valence electrons. The number of carbonyl (C=O) groups excluding carboxylic acids is 2. The van der Waals surface area contributed by atoms with Crippen molar-refractivity contribution < 1.29 is 24.2 Å². The number of thiophene rings is 1. The second kappa shape index (κ2) is 11.2. The molecule has 0 bridgehead atoms. The van der Waals surface area contributed by atoms with Gasteiger partial charge in [0.25, 0.3) is 5.91 Å². The van der Waals surface area contributed by atoms with Gasteiger partial charge in [0.1, 0.15) is 5.75 Å². The molecule has 6 rings (SSSR count). The number of anilines is 1. The van der Waals surface area contributed by atoms with Crippen LogP contribution in [0.3, 0.4) is 0 Å². The van der Waals surface area contributed by atoms with E-state index < -0.39 is 6.10 Å². The summed E-state index contributed by atoms with van der Waals surface area (Å²) in [6.07, 6.45) is 0.182. The first-order valence-electron chi connectivity index (χ1n) is 13.2. The third-order valence-electron chi connectivity index (χ3n) is 7.13. The van der Waals surface area contributed by atoms with E-state index in [0.29, 0.717) is 51.5 Å². The molecule has 3 saturated heterocycles. The lowest BCUT2D eigenvalue weighted by Gasteiger charge is -2.34. The summed E-state index contributed by atoms with van der Waals surface area (Å²) in [6.45, 7) is 6.07. The van der Waals surface area contributed by atoms with Gasteiger partial charge in [-0.1, -0.05) is 24.0 Å². The predicted molar refractivity (Wildman–Crippen MR) is 147 cm³/mol. The number of hydrogen-bond acceptors (Lipinski definition) is 10. The molecule has 1 N–H and O–H groups in total. The van der Waals surface area contributed by atoms with Crippen molar-refractivity contribution in [2.24, 2.45) is 0 Å². The fourth-order valence-corrected chi connectivity index (χ4v) is 6.00. The molecular formula is C28H29N5O5S. The molecule has 1 aromatic carbocycles. The number of carbonyl (C=O) groups is 2. The summed E-state index contributed by atoms with van der Waals surface area (Å²) in [6, 6.07) is 8.99. The van der Waals surface area contributed by atoms with Crippen LogP contribution in [0.5, 0.6) is 5.75 Å². The summed E-state index contributed by atoms with van der Waals surface area (Å²) >= 11 is 1.59. The average molecular weight is 548 g/mol. The summed E-state index contributed by atoms with van der Waals surface area (Å²) in [5.74, 6) is 7.83. The minimum Gasteiger partial charge on any atom is -0.508 e. The monoisotopic (exact) mass is 547 g/mol. The van der Waals surface area contributed by atoms with Crippen molar-refractivity contribution in [2.75, 3.05) is 63.9 Å². The van der Waals surface area contributed by atoms with Crippen molar-refractivity contribution in [2.45, 2.75) is 18.9 Å². The number of ether oxygens (including phenoxy) is 2. The molecule has 2 aromatic heterocycles. The van der Waals surface area contributed by atoms with Crippen molar-refractivity contribution in [1.82, 2.24) is 19.8 Å². The summed E-state index contributed by atoms with van der Waals surface area (Å²) in [7, 11) is 0. The SMILES string of the molecule is O=C1CCC(C(=O)N2CCN(CC#Cc3cc4nc(-c5cccc(O)c5)nc(N5CCOCC5)c4s3)CC2)O1. The number of nitrogens with zero attached hydrogens (tertiary/aromatic N) is 5. The van der Waals surface area contributed by atoms with Crippen molar-refractivity contribution in [1.29, 1.82) is 0 Å². The highest BCUT2D eigenvalue weighted by atomic mass is 32.1. The summed E-state index contributed by atoms with van der Waals surface area (Å²) in [4.78, 5) is 40.8. The Labute approximate surface area is 230 Å². The van der Waals surface area contributed by atoms with Crippen LogP contribution < -0.4 is 4.90 Å². The van der Waals surface area contributed by atoms with E-state index in [9.17, 15) is 14.7 Å². The van der Waals surface area contributed by atoms with Gasteiger partial charge in [0, 0.05) is 57.7 Å². The Balaban J connectivity index is 1.16. The Hall–Kier alpha value is -3.72. The van der Waals surface area contributed by atoms with Crippen molar-refractivity contribution >= 4 is 39.2 Å².